The highest BCUT2D eigenvalue weighted by molar-refractivity contribution is 7.85. The van der Waals surface area contributed by atoms with Gasteiger partial charge in [-0.1, -0.05) is 64.4 Å². The van der Waals surface area contributed by atoms with Crippen molar-refractivity contribution in [3.05, 3.63) is 35.9 Å². The van der Waals surface area contributed by atoms with Gasteiger partial charge in [-0.15, -0.1) is 0 Å². The van der Waals surface area contributed by atoms with Crippen LogP contribution in [0.3, 0.4) is 0 Å². The van der Waals surface area contributed by atoms with Crippen LogP contribution in [0.15, 0.2) is 30.3 Å². The number of benzene rings is 1. The van der Waals surface area contributed by atoms with Crippen molar-refractivity contribution in [2.75, 3.05) is 12.3 Å². The molecule has 0 amide bonds. The van der Waals surface area contributed by atoms with E-state index in [4.69, 9.17) is 0 Å². The highest BCUT2D eigenvalue weighted by Crippen LogP contribution is 2.27. The van der Waals surface area contributed by atoms with Gasteiger partial charge < -0.3 is 5.32 Å². The van der Waals surface area contributed by atoms with Gasteiger partial charge in [-0.2, -0.15) is 0 Å². The van der Waals surface area contributed by atoms with Crippen LogP contribution in [0.1, 0.15) is 58.6 Å². The lowest BCUT2D eigenvalue weighted by molar-refractivity contribution is 0.434. The zero-order chi connectivity index (χ0) is 15.7. The molecule has 1 aromatic carbocycles. The molecule has 21 heavy (non-hydrogen) atoms. The first-order chi connectivity index (χ1) is 10.1. The van der Waals surface area contributed by atoms with Gasteiger partial charge in [-0.25, -0.2) is 0 Å². The summed E-state index contributed by atoms with van der Waals surface area (Å²) in [6.45, 7) is 9.68. The third-order valence-corrected chi connectivity index (χ3v) is 5.88. The fraction of sp³-hybridized carbons (Fsp3) is 0.667. The Morgan fingerprint density at radius 3 is 2.29 bits per heavy atom. The molecule has 0 aliphatic carbocycles. The molecule has 0 aliphatic rings. The van der Waals surface area contributed by atoms with Crippen LogP contribution >= 0.6 is 0 Å². The number of hydrogen-bond acceptors (Lipinski definition) is 2. The van der Waals surface area contributed by atoms with Crippen LogP contribution in [0, 0.1) is 5.92 Å². The second kappa shape index (κ2) is 10.1. The van der Waals surface area contributed by atoms with Gasteiger partial charge in [0.25, 0.3) is 0 Å². The van der Waals surface area contributed by atoms with Crippen molar-refractivity contribution in [1.82, 2.24) is 5.32 Å². The lowest BCUT2D eigenvalue weighted by atomic mass is 9.96. The molecule has 120 valence electrons. The minimum Gasteiger partial charge on any atom is -0.309 e. The van der Waals surface area contributed by atoms with Crippen LogP contribution in [-0.2, 0) is 10.8 Å². The topological polar surface area (TPSA) is 29.1 Å². The number of nitrogens with one attached hydrogen (secondary N) is 1. The monoisotopic (exact) mass is 309 g/mol. The van der Waals surface area contributed by atoms with Gasteiger partial charge in [0, 0.05) is 22.6 Å². The Hall–Kier alpha value is -0.670. The fourth-order valence-electron chi connectivity index (χ4n) is 2.65. The molecule has 1 N–H and O–H groups in total. The molecule has 0 aromatic heterocycles. The summed E-state index contributed by atoms with van der Waals surface area (Å²) in [7, 11) is -0.784. The second-order valence-electron chi connectivity index (χ2n) is 5.99. The van der Waals surface area contributed by atoms with Crippen LogP contribution in [0.2, 0.25) is 0 Å². The highest BCUT2D eigenvalue weighted by atomic mass is 32.2. The summed E-state index contributed by atoms with van der Waals surface area (Å²) < 4.78 is 12.8. The highest BCUT2D eigenvalue weighted by Gasteiger charge is 2.30. The van der Waals surface area contributed by atoms with E-state index < -0.39 is 10.8 Å². The molecule has 0 spiro atoms. The van der Waals surface area contributed by atoms with E-state index in [1.165, 1.54) is 5.56 Å². The third kappa shape index (κ3) is 5.91. The van der Waals surface area contributed by atoms with Crippen molar-refractivity contribution in [2.45, 2.75) is 58.2 Å². The van der Waals surface area contributed by atoms with Gasteiger partial charge in [0.2, 0.25) is 0 Å². The zero-order valence-electron chi connectivity index (χ0n) is 14.0. The summed E-state index contributed by atoms with van der Waals surface area (Å²) in [6, 6.07) is 10.7. The molecule has 3 heteroatoms. The van der Waals surface area contributed by atoms with E-state index in [1.807, 2.05) is 6.07 Å². The van der Waals surface area contributed by atoms with E-state index in [2.05, 4.69) is 57.3 Å². The number of rotatable bonds is 10. The molecule has 0 heterocycles. The minimum atomic E-state index is -0.784. The Kier molecular flexibility index (Phi) is 8.86. The molecular formula is C18H31NOS. The summed E-state index contributed by atoms with van der Waals surface area (Å²) >= 11 is 0. The average Bonchev–Trinajstić information content (AvgIpc) is 2.49. The van der Waals surface area contributed by atoms with E-state index in [-0.39, 0.29) is 11.3 Å². The normalized spacial score (nSPS) is 15.9. The van der Waals surface area contributed by atoms with Gasteiger partial charge in [0.05, 0.1) is 5.25 Å². The minimum absolute atomic E-state index is 0.172. The standard InChI is InChI=1S/C18H31NOS/c1-5-7-14-21(20)18(15(3)4)17(19-13-6-2)16-11-9-8-10-12-16/h8-12,15,17-19H,5-7,13-14H2,1-4H3. The van der Waals surface area contributed by atoms with Gasteiger partial charge >= 0.3 is 0 Å². The van der Waals surface area contributed by atoms with Gasteiger partial charge in [0.15, 0.2) is 0 Å². The van der Waals surface area contributed by atoms with Crippen molar-refractivity contribution in [3.63, 3.8) is 0 Å². The average molecular weight is 310 g/mol. The summed E-state index contributed by atoms with van der Waals surface area (Å²) in [4.78, 5) is 0. The number of hydrogen-bond donors (Lipinski definition) is 1. The summed E-state index contributed by atoms with van der Waals surface area (Å²) in [5.74, 6) is 1.22. The molecule has 3 unspecified atom stereocenters. The lowest BCUT2D eigenvalue weighted by Gasteiger charge is -2.31. The van der Waals surface area contributed by atoms with Crippen LogP contribution < -0.4 is 5.32 Å². The number of unbranched alkanes of at least 4 members (excludes halogenated alkanes) is 1. The Morgan fingerprint density at radius 1 is 1.10 bits per heavy atom. The summed E-state index contributed by atoms with van der Waals surface area (Å²) in [6.07, 6.45) is 3.25. The summed E-state index contributed by atoms with van der Waals surface area (Å²) in [5.41, 5.74) is 1.26. The smallest absolute Gasteiger partial charge is 0.0565 e. The van der Waals surface area contributed by atoms with Crippen LogP contribution in [0.5, 0.6) is 0 Å². The maximum Gasteiger partial charge on any atom is 0.0565 e. The van der Waals surface area contributed by atoms with Crippen molar-refractivity contribution >= 4 is 10.8 Å². The third-order valence-electron chi connectivity index (χ3n) is 3.76. The predicted octanol–water partition coefficient (Wildman–Crippen LogP) is 4.30. The first-order valence-corrected chi connectivity index (χ1v) is 9.65. The molecule has 1 aromatic rings. The Morgan fingerprint density at radius 2 is 1.76 bits per heavy atom. The zero-order valence-corrected chi connectivity index (χ0v) is 14.8. The second-order valence-corrected chi connectivity index (χ2v) is 7.70. The van der Waals surface area contributed by atoms with E-state index >= 15 is 0 Å². The molecule has 0 radical (unpaired) electrons. The maximum atomic E-state index is 12.8. The molecule has 0 bridgehead atoms. The van der Waals surface area contributed by atoms with E-state index in [1.54, 1.807) is 0 Å². The van der Waals surface area contributed by atoms with Crippen molar-refractivity contribution < 1.29 is 4.21 Å². The molecule has 0 saturated carbocycles. The van der Waals surface area contributed by atoms with Crippen LogP contribution in [0.25, 0.3) is 0 Å². The Balaban J connectivity index is 2.98. The van der Waals surface area contributed by atoms with Crippen LogP contribution in [-0.4, -0.2) is 21.8 Å². The molecule has 0 saturated heterocycles. The fourth-order valence-corrected chi connectivity index (χ4v) is 4.66. The van der Waals surface area contributed by atoms with Crippen molar-refractivity contribution in [3.8, 4) is 0 Å². The van der Waals surface area contributed by atoms with Crippen LogP contribution in [0.4, 0.5) is 0 Å². The van der Waals surface area contributed by atoms with Crippen molar-refractivity contribution in [2.24, 2.45) is 5.92 Å². The molecule has 1 rings (SSSR count). The van der Waals surface area contributed by atoms with E-state index in [0.29, 0.717) is 5.92 Å². The lowest BCUT2D eigenvalue weighted by Crippen LogP contribution is -2.39. The van der Waals surface area contributed by atoms with Gasteiger partial charge in [0.1, 0.15) is 0 Å². The first kappa shape index (κ1) is 18.4. The molecule has 0 aliphatic heterocycles. The van der Waals surface area contributed by atoms with Gasteiger partial charge in [-0.3, -0.25) is 4.21 Å². The molecular weight excluding hydrogens is 278 g/mol. The Labute approximate surface area is 133 Å². The SMILES string of the molecule is CCCCS(=O)C(C(C)C)C(NCCC)c1ccccc1. The largest absolute Gasteiger partial charge is 0.309 e. The van der Waals surface area contributed by atoms with E-state index in [9.17, 15) is 4.21 Å². The van der Waals surface area contributed by atoms with Crippen molar-refractivity contribution in [1.29, 1.82) is 0 Å². The van der Waals surface area contributed by atoms with E-state index in [0.717, 1.165) is 31.6 Å². The maximum absolute atomic E-state index is 12.8. The first-order valence-electron chi connectivity index (χ1n) is 8.27. The predicted molar refractivity (Wildman–Crippen MR) is 94.0 cm³/mol. The molecule has 3 atom stereocenters. The quantitative estimate of drug-likeness (QED) is 0.698. The molecule has 0 fully saturated rings. The Bertz CT molecular complexity index is 405. The van der Waals surface area contributed by atoms with Gasteiger partial charge in [-0.05, 0) is 30.9 Å². The summed E-state index contributed by atoms with van der Waals surface area (Å²) in [5, 5.41) is 3.80. The molecule has 2 nitrogen and oxygen atoms in total.